The van der Waals surface area contributed by atoms with Crippen molar-refractivity contribution in [1.29, 1.82) is 0 Å². The molecule has 0 saturated carbocycles. The van der Waals surface area contributed by atoms with E-state index in [0.717, 1.165) is 13.1 Å². The molecule has 2 aliphatic heterocycles. The molecule has 0 bridgehead atoms. The molecule has 2 N–H and O–H groups in total. The van der Waals surface area contributed by atoms with Crippen LogP contribution >= 0.6 is 24.0 Å². The molecule has 2 unspecified atom stereocenters. The lowest BCUT2D eigenvalue weighted by Gasteiger charge is -2.44. The lowest BCUT2D eigenvalue weighted by atomic mass is 10.0. The van der Waals surface area contributed by atoms with E-state index in [0.29, 0.717) is 38.7 Å². The second kappa shape index (κ2) is 10.5. The van der Waals surface area contributed by atoms with E-state index in [1.165, 1.54) is 0 Å². The number of nitrogens with two attached hydrogens (primary N) is 1. The van der Waals surface area contributed by atoms with Gasteiger partial charge in [0.15, 0.2) is 5.96 Å². The summed E-state index contributed by atoms with van der Waals surface area (Å²) in [6.07, 6.45) is 0.190. The highest BCUT2D eigenvalue weighted by Crippen LogP contribution is 2.21. The maximum atomic E-state index is 12.2. The summed E-state index contributed by atoms with van der Waals surface area (Å²) in [5.74, 6) is 0.547. The van der Waals surface area contributed by atoms with Crippen LogP contribution in [0, 0.1) is 0 Å². The molecule has 2 rings (SSSR count). The number of hydrogen-bond acceptors (Lipinski definition) is 5. The molecule has 8 nitrogen and oxygen atoms in total. The van der Waals surface area contributed by atoms with Crippen LogP contribution in [0.2, 0.25) is 0 Å². The van der Waals surface area contributed by atoms with Crippen molar-refractivity contribution in [2.45, 2.75) is 71.8 Å². The number of ether oxygens (including phenoxy) is 2. The number of amides is 1. The first-order chi connectivity index (χ1) is 12.9. The third kappa shape index (κ3) is 8.09. The average Bonchev–Trinajstić information content (AvgIpc) is 2.57. The van der Waals surface area contributed by atoms with E-state index in [1.807, 2.05) is 25.7 Å². The van der Waals surface area contributed by atoms with Gasteiger partial charge in [-0.05, 0) is 48.5 Å². The fourth-order valence-electron chi connectivity index (χ4n) is 3.59. The van der Waals surface area contributed by atoms with Crippen LogP contribution in [0.25, 0.3) is 0 Å². The molecule has 2 aliphatic rings. The monoisotopic (exact) mass is 525 g/mol. The molecule has 0 aromatic heterocycles. The van der Waals surface area contributed by atoms with Crippen molar-refractivity contribution < 1.29 is 14.3 Å². The van der Waals surface area contributed by atoms with Gasteiger partial charge in [0.1, 0.15) is 5.60 Å². The second-order valence-electron chi connectivity index (χ2n) is 9.60. The number of nitrogens with zero attached hydrogens (tertiary/aromatic N) is 4. The third-order valence-electron chi connectivity index (χ3n) is 5.16. The summed E-state index contributed by atoms with van der Waals surface area (Å²) in [6, 6.07) is 0. The molecule has 2 saturated heterocycles. The maximum Gasteiger partial charge on any atom is 0.410 e. The van der Waals surface area contributed by atoms with Gasteiger partial charge in [0.25, 0.3) is 0 Å². The molecule has 0 aromatic carbocycles. The summed E-state index contributed by atoms with van der Waals surface area (Å²) in [7, 11) is 0. The molecule has 0 spiro atoms. The Morgan fingerprint density at radius 2 is 1.52 bits per heavy atom. The molecule has 2 atom stereocenters. The Morgan fingerprint density at radius 3 is 2.00 bits per heavy atom. The van der Waals surface area contributed by atoms with E-state index < -0.39 is 5.60 Å². The van der Waals surface area contributed by atoms with E-state index in [2.05, 4.69) is 37.6 Å². The molecular formula is C20H40IN5O3. The predicted molar refractivity (Wildman–Crippen MR) is 127 cm³/mol. The van der Waals surface area contributed by atoms with Crippen LogP contribution in [-0.4, -0.2) is 95.9 Å². The molecule has 0 radical (unpaired) electrons. The Morgan fingerprint density at radius 1 is 1.03 bits per heavy atom. The molecule has 0 aromatic rings. The number of hydrogen-bond donors (Lipinski definition) is 1. The Kier molecular flexibility index (Phi) is 9.48. The van der Waals surface area contributed by atoms with Crippen LogP contribution in [0.4, 0.5) is 4.79 Å². The molecule has 29 heavy (non-hydrogen) atoms. The van der Waals surface area contributed by atoms with Crippen molar-refractivity contribution in [3.05, 3.63) is 0 Å². The van der Waals surface area contributed by atoms with Gasteiger partial charge in [-0.2, -0.15) is 0 Å². The summed E-state index contributed by atoms with van der Waals surface area (Å²) in [5.41, 5.74) is 5.70. The van der Waals surface area contributed by atoms with E-state index in [9.17, 15) is 4.79 Å². The molecule has 2 fully saturated rings. The van der Waals surface area contributed by atoms with E-state index in [4.69, 9.17) is 15.2 Å². The highest BCUT2D eigenvalue weighted by molar-refractivity contribution is 14.0. The normalized spacial score (nSPS) is 24.9. The van der Waals surface area contributed by atoms with Gasteiger partial charge in [0.2, 0.25) is 0 Å². The molecule has 170 valence electrons. The zero-order valence-corrected chi connectivity index (χ0v) is 21.4. The highest BCUT2D eigenvalue weighted by atomic mass is 127. The van der Waals surface area contributed by atoms with Crippen LogP contribution < -0.4 is 5.73 Å². The van der Waals surface area contributed by atoms with Crippen molar-refractivity contribution in [2.75, 3.05) is 45.8 Å². The minimum absolute atomic E-state index is 0. The first kappa shape index (κ1) is 26.2. The van der Waals surface area contributed by atoms with Gasteiger partial charge in [-0.1, -0.05) is 0 Å². The topological polar surface area (TPSA) is 83.6 Å². The van der Waals surface area contributed by atoms with E-state index in [-0.39, 0.29) is 47.8 Å². The minimum Gasteiger partial charge on any atom is -0.444 e. The number of morpholine rings is 1. The SMILES string of the molecule is CC1CN(C(C)(C)CN=C(N)N2CCN(C(=O)OC(C)(C)C)CC2)CC(C)O1.I. The summed E-state index contributed by atoms with van der Waals surface area (Å²) in [6.45, 7) is 19.2. The summed E-state index contributed by atoms with van der Waals surface area (Å²) in [4.78, 5) is 23.1. The lowest BCUT2D eigenvalue weighted by Crippen LogP contribution is -2.57. The van der Waals surface area contributed by atoms with Crippen molar-refractivity contribution in [2.24, 2.45) is 10.7 Å². The summed E-state index contributed by atoms with van der Waals surface area (Å²) < 4.78 is 11.3. The minimum atomic E-state index is -0.477. The first-order valence-electron chi connectivity index (χ1n) is 10.3. The van der Waals surface area contributed by atoms with Crippen LogP contribution in [0.3, 0.4) is 0 Å². The molecular weight excluding hydrogens is 485 g/mol. The van der Waals surface area contributed by atoms with Gasteiger partial charge in [-0.3, -0.25) is 9.89 Å². The van der Waals surface area contributed by atoms with Gasteiger partial charge < -0.3 is 25.0 Å². The number of rotatable bonds is 3. The van der Waals surface area contributed by atoms with Gasteiger partial charge in [-0.15, -0.1) is 24.0 Å². The van der Waals surface area contributed by atoms with Crippen LogP contribution in [0.5, 0.6) is 0 Å². The smallest absolute Gasteiger partial charge is 0.410 e. The van der Waals surface area contributed by atoms with Crippen LogP contribution in [0.15, 0.2) is 4.99 Å². The first-order valence-corrected chi connectivity index (χ1v) is 10.3. The number of carbonyl (C=O) groups excluding carboxylic acids is 1. The van der Waals surface area contributed by atoms with Crippen molar-refractivity contribution >= 4 is 36.0 Å². The van der Waals surface area contributed by atoms with Crippen LogP contribution in [-0.2, 0) is 9.47 Å². The van der Waals surface area contributed by atoms with Crippen molar-refractivity contribution in [3.63, 3.8) is 0 Å². The van der Waals surface area contributed by atoms with Gasteiger partial charge in [0, 0.05) is 44.8 Å². The Balaban J connectivity index is 0.00000420. The Bertz CT molecular complexity index is 561. The van der Waals surface area contributed by atoms with Gasteiger partial charge in [-0.25, -0.2) is 4.79 Å². The standard InChI is InChI=1S/C20H39N5O3.HI/c1-15-12-25(13-16(2)27-15)20(6,7)14-22-17(21)23-8-10-24(11-9-23)18(26)28-19(3,4)5;/h15-16H,8-14H2,1-7H3,(H2,21,22);1H. The van der Waals surface area contributed by atoms with E-state index in [1.54, 1.807) is 4.90 Å². The summed E-state index contributed by atoms with van der Waals surface area (Å²) >= 11 is 0. The molecule has 9 heteroatoms. The maximum absolute atomic E-state index is 12.2. The van der Waals surface area contributed by atoms with Gasteiger partial charge in [0.05, 0.1) is 18.8 Å². The number of piperazine rings is 1. The number of halogens is 1. The number of aliphatic imine (C=N–C) groups is 1. The summed E-state index contributed by atoms with van der Waals surface area (Å²) in [5, 5.41) is 0. The third-order valence-corrected chi connectivity index (χ3v) is 5.16. The van der Waals surface area contributed by atoms with Crippen molar-refractivity contribution in [3.8, 4) is 0 Å². The zero-order chi connectivity index (χ0) is 21.1. The second-order valence-corrected chi connectivity index (χ2v) is 9.60. The van der Waals surface area contributed by atoms with E-state index >= 15 is 0 Å². The fourth-order valence-corrected chi connectivity index (χ4v) is 3.59. The lowest BCUT2D eigenvalue weighted by molar-refractivity contribution is -0.0939. The molecule has 1 amide bonds. The molecule has 0 aliphatic carbocycles. The quantitative estimate of drug-likeness (QED) is 0.346. The van der Waals surface area contributed by atoms with Gasteiger partial charge >= 0.3 is 6.09 Å². The van der Waals surface area contributed by atoms with Crippen molar-refractivity contribution in [1.82, 2.24) is 14.7 Å². The number of guanidine groups is 1. The largest absolute Gasteiger partial charge is 0.444 e. The van der Waals surface area contributed by atoms with Crippen LogP contribution in [0.1, 0.15) is 48.5 Å². The molecule has 2 heterocycles. The average molecular weight is 525 g/mol. The predicted octanol–water partition coefficient (Wildman–Crippen LogP) is 2.36. The number of carbonyl (C=O) groups is 1. The highest BCUT2D eigenvalue weighted by Gasteiger charge is 2.33. The Labute approximate surface area is 193 Å². The Hall–Kier alpha value is -0.810. The fraction of sp³-hybridized carbons (Fsp3) is 0.900. The zero-order valence-electron chi connectivity index (χ0n) is 19.1.